The van der Waals surface area contributed by atoms with Crippen LogP contribution in [0.15, 0.2) is 51.1 Å². The van der Waals surface area contributed by atoms with Gasteiger partial charge in [-0.1, -0.05) is 15.9 Å². The maximum atomic E-state index is 5.93. The summed E-state index contributed by atoms with van der Waals surface area (Å²) < 4.78 is 11.3. The highest BCUT2D eigenvalue weighted by Crippen LogP contribution is 2.45. The SMILES string of the molecule is Brc1ccc(Br)c(Oc2cc(Br)c(Br)c(Br)c2Br)c1. The van der Waals surface area contributed by atoms with Crippen molar-refractivity contribution in [2.75, 3.05) is 0 Å². The standard InChI is InChI=1S/C12H4Br6O/c13-5-1-2-6(14)8(3-5)19-9-4-7(15)10(16)12(18)11(9)17/h1-4H. The van der Waals surface area contributed by atoms with Crippen LogP contribution in [-0.2, 0) is 0 Å². The van der Waals surface area contributed by atoms with Gasteiger partial charge in [-0.3, -0.25) is 0 Å². The molecule has 0 aromatic heterocycles. The summed E-state index contributed by atoms with van der Waals surface area (Å²) in [5.41, 5.74) is 0. The van der Waals surface area contributed by atoms with Crippen molar-refractivity contribution in [2.45, 2.75) is 0 Å². The molecular weight excluding hydrogens is 640 g/mol. The van der Waals surface area contributed by atoms with Crippen LogP contribution in [0.2, 0.25) is 0 Å². The Bertz CT molecular complexity index is 641. The van der Waals surface area contributed by atoms with Gasteiger partial charge in [0, 0.05) is 13.4 Å². The van der Waals surface area contributed by atoms with Crippen molar-refractivity contribution in [3.63, 3.8) is 0 Å². The molecule has 0 spiro atoms. The van der Waals surface area contributed by atoms with E-state index < -0.39 is 0 Å². The monoisotopic (exact) mass is 638 g/mol. The summed E-state index contributed by atoms with van der Waals surface area (Å²) in [7, 11) is 0. The largest absolute Gasteiger partial charge is 0.455 e. The summed E-state index contributed by atoms with van der Waals surface area (Å²) in [5.74, 6) is 1.44. The summed E-state index contributed by atoms with van der Waals surface area (Å²) in [5, 5.41) is 0. The van der Waals surface area contributed by atoms with Crippen LogP contribution in [0.25, 0.3) is 0 Å². The van der Waals surface area contributed by atoms with Gasteiger partial charge in [0.25, 0.3) is 0 Å². The predicted octanol–water partition coefficient (Wildman–Crippen LogP) is 8.05. The van der Waals surface area contributed by atoms with Crippen LogP contribution < -0.4 is 4.74 Å². The average molecular weight is 644 g/mol. The molecule has 2 rings (SSSR count). The molecule has 0 aliphatic carbocycles. The van der Waals surface area contributed by atoms with E-state index in [0.29, 0.717) is 5.75 Å². The quantitative estimate of drug-likeness (QED) is 0.238. The zero-order valence-corrected chi connectivity index (χ0v) is 18.5. The topological polar surface area (TPSA) is 9.23 Å². The van der Waals surface area contributed by atoms with Gasteiger partial charge in [0.15, 0.2) is 0 Å². The molecule has 0 N–H and O–H groups in total. The van der Waals surface area contributed by atoms with Crippen LogP contribution in [0.3, 0.4) is 0 Å². The van der Waals surface area contributed by atoms with Crippen LogP contribution in [0.4, 0.5) is 0 Å². The zero-order valence-electron chi connectivity index (χ0n) is 8.99. The Labute approximate surface area is 161 Å². The first kappa shape index (κ1) is 16.5. The van der Waals surface area contributed by atoms with Crippen molar-refractivity contribution < 1.29 is 4.74 Å². The molecule has 100 valence electrons. The minimum atomic E-state index is 0.709. The van der Waals surface area contributed by atoms with E-state index in [4.69, 9.17) is 4.74 Å². The molecule has 0 radical (unpaired) electrons. The van der Waals surface area contributed by atoms with Crippen molar-refractivity contribution >= 4 is 95.6 Å². The molecule has 0 aliphatic heterocycles. The maximum Gasteiger partial charge on any atom is 0.144 e. The van der Waals surface area contributed by atoms with Gasteiger partial charge >= 0.3 is 0 Å². The van der Waals surface area contributed by atoms with E-state index in [9.17, 15) is 0 Å². The van der Waals surface area contributed by atoms with Crippen LogP contribution in [0.5, 0.6) is 11.5 Å². The second-order valence-corrected chi connectivity index (χ2v) is 8.48. The molecule has 0 amide bonds. The van der Waals surface area contributed by atoms with E-state index in [0.717, 1.165) is 32.6 Å². The van der Waals surface area contributed by atoms with Crippen molar-refractivity contribution in [2.24, 2.45) is 0 Å². The number of ether oxygens (including phenoxy) is 1. The first-order valence-corrected chi connectivity index (χ1v) is 9.62. The summed E-state index contributed by atoms with van der Waals surface area (Å²) in [6.07, 6.45) is 0. The van der Waals surface area contributed by atoms with E-state index >= 15 is 0 Å². The highest BCUT2D eigenvalue weighted by atomic mass is 79.9. The third kappa shape index (κ3) is 3.86. The lowest BCUT2D eigenvalue weighted by Crippen LogP contribution is -1.89. The van der Waals surface area contributed by atoms with Crippen LogP contribution in [-0.4, -0.2) is 0 Å². The Morgan fingerprint density at radius 3 is 2.00 bits per heavy atom. The molecule has 0 heterocycles. The fourth-order valence-electron chi connectivity index (χ4n) is 1.30. The molecule has 0 atom stereocenters. The zero-order chi connectivity index (χ0) is 14.2. The number of halogens is 6. The van der Waals surface area contributed by atoms with Gasteiger partial charge in [-0.2, -0.15) is 0 Å². The summed E-state index contributed by atoms with van der Waals surface area (Å²) >= 11 is 20.9. The number of benzene rings is 2. The van der Waals surface area contributed by atoms with Gasteiger partial charge in [-0.15, -0.1) is 0 Å². The fraction of sp³-hybridized carbons (Fsp3) is 0. The summed E-state index contributed by atoms with van der Waals surface area (Å²) in [6.45, 7) is 0. The molecule has 0 bridgehead atoms. The Balaban J connectivity index is 2.47. The maximum absolute atomic E-state index is 5.93. The lowest BCUT2D eigenvalue weighted by atomic mass is 10.3. The molecule has 0 unspecified atom stereocenters. The molecule has 0 aliphatic rings. The third-order valence-electron chi connectivity index (χ3n) is 2.18. The van der Waals surface area contributed by atoms with Gasteiger partial charge in [-0.25, -0.2) is 0 Å². The summed E-state index contributed by atoms with van der Waals surface area (Å²) in [6, 6.07) is 7.67. The van der Waals surface area contributed by atoms with Crippen LogP contribution in [0.1, 0.15) is 0 Å². The lowest BCUT2D eigenvalue weighted by molar-refractivity contribution is 0.475. The van der Waals surface area contributed by atoms with E-state index in [1.807, 2.05) is 24.3 Å². The minimum Gasteiger partial charge on any atom is -0.455 e. The summed E-state index contributed by atoms with van der Waals surface area (Å²) in [4.78, 5) is 0. The predicted molar refractivity (Wildman–Crippen MR) is 99.2 cm³/mol. The Morgan fingerprint density at radius 1 is 0.632 bits per heavy atom. The van der Waals surface area contributed by atoms with Crippen LogP contribution >= 0.6 is 95.6 Å². The molecule has 2 aromatic carbocycles. The van der Waals surface area contributed by atoms with Crippen molar-refractivity contribution in [3.05, 3.63) is 51.1 Å². The molecule has 1 nitrogen and oxygen atoms in total. The van der Waals surface area contributed by atoms with E-state index in [2.05, 4.69) is 95.6 Å². The molecule has 0 saturated heterocycles. The Morgan fingerprint density at radius 2 is 1.32 bits per heavy atom. The number of rotatable bonds is 2. The van der Waals surface area contributed by atoms with Crippen molar-refractivity contribution in [3.8, 4) is 11.5 Å². The lowest BCUT2D eigenvalue weighted by Gasteiger charge is -2.13. The van der Waals surface area contributed by atoms with Gasteiger partial charge in [-0.05, 0) is 104 Å². The smallest absolute Gasteiger partial charge is 0.144 e. The van der Waals surface area contributed by atoms with Crippen molar-refractivity contribution in [1.82, 2.24) is 0 Å². The normalized spacial score (nSPS) is 10.6. The molecule has 0 saturated carbocycles. The third-order valence-corrected chi connectivity index (χ3v) is 7.96. The first-order chi connectivity index (χ1) is 8.90. The Hall–Kier alpha value is 1.12. The molecule has 7 heteroatoms. The van der Waals surface area contributed by atoms with Gasteiger partial charge in [0.1, 0.15) is 11.5 Å². The van der Waals surface area contributed by atoms with Crippen LogP contribution in [0, 0.1) is 0 Å². The number of hydrogen-bond acceptors (Lipinski definition) is 1. The van der Waals surface area contributed by atoms with Gasteiger partial charge < -0.3 is 4.74 Å². The van der Waals surface area contributed by atoms with Gasteiger partial charge in [0.05, 0.1) is 13.4 Å². The highest BCUT2D eigenvalue weighted by molar-refractivity contribution is 9.15. The second kappa shape index (κ2) is 6.92. The van der Waals surface area contributed by atoms with E-state index in [1.54, 1.807) is 0 Å². The molecular formula is C12H4Br6O. The highest BCUT2D eigenvalue weighted by Gasteiger charge is 2.14. The molecule has 2 aromatic rings. The molecule has 19 heavy (non-hydrogen) atoms. The van der Waals surface area contributed by atoms with Crippen molar-refractivity contribution in [1.29, 1.82) is 0 Å². The number of hydrogen-bond donors (Lipinski definition) is 0. The van der Waals surface area contributed by atoms with Gasteiger partial charge in [0.2, 0.25) is 0 Å². The fourth-order valence-corrected chi connectivity index (χ4v) is 4.02. The average Bonchev–Trinajstić information content (AvgIpc) is 2.37. The van der Waals surface area contributed by atoms with E-state index in [-0.39, 0.29) is 0 Å². The Kier molecular flexibility index (Phi) is 6.01. The first-order valence-electron chi connectivity index (χ1n) is 4.86. The van der Waals surface area contributed by atoms with E-state index in [1.165, 1.54) is 0 Å². The minimum absolute atomic E-state index is 0.709. The second-order valence-electron chi connectivity index (χ2n) is 3.48. The molecule has 0 fully saturated rings.